The van der Waals surface area contributed by atoms with Crippen LogP contribution in [0.25, 0.3) is 0 Å². The Morgan fingerprint density at radius 2 is 2.28 bits per heavy atom. The summed E-state index contributed by atoms with van der Waals surface area (Å²) >= 11 is 0. The Morgan fingerprint density at radius 1 is 1.40 bits per heavy atom. The van der Waals surface area contributed by atoms with Gasteiger partial charge in [-0.1, -0.05) is 12.1 Å². The van der Waals surface area contributed by atoms with E-state index in [1.54, 1.807) is 24.4 Å². The third-order valence-electron chi connectivity index (χ3n) is 4.47. The fourth-order valence-corrected chi connectivity index (χ4v) is 3.18. The third-order valence-corrected chi connectivity index (χ3v) is 4.47. The zero-order valence-corrected chi connectivity index (χ0v) is 14.0. The number of anilines is 1. The molecule has 6 heteroatoms. The third kappa shape index (κ3) is 4.34. The Morgan fingerprint density at radius 3 is 3.08 bits per heavy atom. The van der Waals surface area contributed by atoms with Crippen molar-refractivity contribution in [3.05, 3.63) is 59.3 Å². The molecule has 1 amide bonds. The molecule has 25 heavy (non-hydrogen) atoms. The lowest BCUT2D eigenvalue weighted by molar-refractivity contribution is 0.1000. The summed E-state index contributed by atoms with van der Waals surface area (Å²) in [4.78, 5) is 17.9. The molecule has 1 aliphatic heterocycles. The summed E-state index contributed by atoms with van der Waals surface area (Å²) in [6, 6.07) is 13.2. The van der Waals surface area contributed by atoms with E-state index >= 15 is 0 Å². The molecule has 1 aromatic heterocycles. The maximum absolute atomic E-state index is 11.3. The summed E-state index contributed by atoms with van der Waals surface area (Å²) < 4.78 is 0. The molecule has 0 saturated carbocycles. The van der Waals surface area contributed by atoms with Crippen LogP contribution in [0.15, 0.2) is 42.6 Å². The topological polar surface area (TPSA) is 95.0 Å². The number of likely N-dealkylation sites (tertiary alicyclic amines) is 1. The molecular weight excluding hydrogens is 314 g/mol. The molecule has 3 rings (SSSR count). The van der Waals surface area contributed by atoms with Crippen LogP contribution in [-0.4, -0.2) is 35.4 Å². The summed E-state index contributed by atoms with van der Waals surface area (Å²) in [6.07, 6.45) is 2.78. The molecule has 6 nitrogen and oxygen atoms in total. The first-order valence-electron chi connectivity index (χ1n) is 8.36. The number of pyridine rings is 1. The van der Waals surface area contributed by atoms with Gasteiger partial charge in [0, 0.05) is 31.4 Å². The Balaban J connectivity index is 1.53. The highest BCUT2D eigenvalue weighted by Gasteiger charge is 2.22. The molecule has 1 fully saturated rings. The standard InChI is InChI=1S/C19H21N5O/c20-10-17-5-2-7-22-19(17)23-11-15-6-8-24(13-15)12-14-3-1-4-16(9-14)18(21)25/h1-5,7,9,15H,6,8,11-13H2,(H2,21,25)(H,22,23)/t15-/m1/s1. The summed E-state index contributed by atoms with van der Waals surface area (Å²) in [6.45, 7) is 3.59. The monoisotopic (exact) mass is 335 g/mol. The molecule has 2 heterocycles. The van der Waals surface area contributed by atoms with E-state index in [4.69, 9.17) is 11.0 Å². The number of hydrogen-bond donors (Lipinski definition) is 2. The van der Waals surface area contributed by atoms with Gasteiger partial charge in [-0.3, -0.25) is 9.69 Å². The van der Waals surface area contributed by atoms with Crippen molar-refractivity contribution >= 4 is 11.7 Å². The summed E-state index contributed by atoms with van der Waals surface area (Å²) in [5, 5.41) is 12.4. The van der Waals surface area contributed by atoms with E-state index in [0.717, 1.165) is 38.2 Å². The number of rotatable bonds is 6. The van der Waals surface area contributed by atoms with Gasteiger partial charge < -0.3 is 11.1 Å². The Bertz CT molecular complexity index is 798. The van der Waals surface area contributed by atoms with Crippen LogP contribution in [0.5, 0.6) is 0 Å². The lowest BCUT2D eigenvalue weighted by atomic mass is 10.1. The van der Waals surface area contributed by atoms with Crippen molar-refractivity contribution in [3.8, 4) is 6.07 Å². The van der Waals surface area contributed by atoms with Crippen molar-refractivity contribution in [2.75, 3.05) is 25.0 Å². The SMILES string of the molecule is N#Cc1cccnc1NC[C@H]1CCN(Cc2cccc(C(N)=O)c2)C1. The molecule has 1 aromatic carbocycles. The number of nitrogens with zero attached hydrogens (tertiary/aromatic N) is 3. The van der Waals surface area contributed by atoms with Gasteiger partial charge in [-0.15, -0.1) is 0 Å². The molecule has 0 aliphatic carbocycles. The van der Waals surface area contributed by atoms with E-state index in [0.29, 0.717) is 22.9 Å². The smallest absolute Gasteiger partial charge is 0.248 e. The van der Waals surface area contributed by atoms with Crippen molar-refractivity contribution in [1.29, 1.82) is 5.26 Å². The molecule has 128 valence electrons. The van der Waals surface area contributed by atoms with Crippen LogP contribution in [0, 0.1) is 17.2 Å². The van der Waals surface area contributed by atoms with E-state index < -0.39 is 5.91 Å². The molecular formula is C19H21N5O. The van der Waals surface area contributed by atoms with Crippen LogP contribution in [0.3, 0.4) is 0 Å². The molecule has 2 aromatic rings. The van der Waals surface area contributed by atoms with Gasteiger partial charge in [0.2, 0.25) is 5.91 Å². The Hall–Kier alpha value is -2.91. The molecule has 0 spiro atoms. The Kier molecular flexibility index (Phi) is 5.26. The van der Waals surface area contributed by atoms with Gasteiger partial charge in [-0.05, 0) is 48.7 Å². The number of amides is 1. The summed E-state index contributed by atoms with van der Waals surface area (Å²) in [5.74, 6) is 0.763. The normalized spacial score (nSPS) is 17.2. The van der Waals surface area contributed by atoms with Gasteiger partial charge in [-0.25, -0.2) is 4.98 Å². The van der Waals surface area contributed by atoms with Crippen LogP contribution in [0.2, 0.25) is 0 Å². The second-order valence-corrected chi connectivity index (χ2v) is 6.35. The van der Waals surface area contributed by atoms with Crippen molar-refractivity contribution in [3.63, 3.8) is 0 Å². The van der Waals surface area contributed by atoms with E-state index in [9.17, 15) is 4.79 Å². The first kappa shape index (κ1) is 16.9. The number of nitrogens with two attached hydrogens (primary N) is 1. The van der Waals surface area contributed by atoms with Gasteiger partial charge in [-0.2, -0.15) is 5.26 Å². The average molecular weight is 335 g/mol. The molecule has 1 atom stereocenters. The largest absolute Gasteiger partial charge is 0.369 e. The van der Waals surface area contributed by atoms with Crippen LogP contribution in [-0.2, 0) is 6.54 Å². The van der Waals surface area contributed by atoms with Crippen molar-refractivity contribution in [2.45, 2.75) is 13.0 Å². The minimum absolute atomic E-state index is 0.394. The predicted molar refractivity (Wildman–Crippen MR) is 95.8 cm³/mol. The maximum Gasteiger partial charge on any atom is 0.248 e. The number of nitrogens with one attached hydrogen (secondary N) is 1. The number of benzene rings is 1. The van der Waals surface area contributed by atoms with Crippen molar-refractivity contribution in [1.82, 2.24) is 9.88 Å². The molecule has 1 aliphatic rings. The highest BCUT2D eigenvalue weighted by atomic mass is 16.1. The molecule has 0 bridgehead atoms. The van der Waals surface area contributed by atoms with Crippen LogP contribution in [0.1, 0.15) is 27.9 Å². The van der Waals surface area contributed by atoms with Crippen LogP contribution in [0.4, 0.5) is 5.82 Å². The number of nitriles is 1. The molecule has 3 N–H and O–H groups in total. The van der Waals surface area contributed by atoms with Crippen LogP contribution < -0.4 is 11.1 Å². The fraction of sp³-hybridized carbons (Fsp3) is 0.316. The predicted octanol–water partition coefficient (Wildman–Crippen LogP) is 1.99. The average Bonchev–Trinajstić information content (AvgIpc) is 3.07. The first-order valence-corrected chi connectivity index (χ1v) is 8.36. The summed E-state index contributed by atoms with van der Waals surface area (Å²) in [5.41, 5.74) is 7.56. The number of carbonyl (C=O) groups excluding carboxylic acids is 1. The van der Waals surface area contributed by atoms with E-state index in [1.807, 2.05) is 18.2 Å². The first-order chi connectivity index (χ1) is 12.2. The van der Waals surface area contributed by atoms with Crippen molar-refractivity contribution < 1.29 is 4.79 Å². The molecule has 1 saturated heterocycles. The highest BCUT2D eigenvalue weighted by Crippen LogP contribution is 2.20. The van der Waals surface area contributed by atoms with E-state index in [1.165, 1.54) is 0 Å². The number of aromatic nitrogens is 1. The van der Waals surface area contributed by atoms with Gasteiger partial charge in [0.1, 0.15) is 11.9 Å². The maximum atomic E-state index is 11.3. The van der Waals surface area contributed by atoms with Crippen LogP contribution >= 0.6 is 0 Å². The Labute approximate surface area is 147 Å². The fourth-order valence-electron chi connectivity index (χ4n) is 3.18. The minimum Gasteiger partial charge on any atom is -0.369 e. The van der Waals surface area contributed by atoms with Crippen molar-refractivity contribution in [2.24, 2.45) is 11.7 Å². The quantitative estimate of drug-likeness (QED) is 0.842. The lowest BCUT2D eigenvalue weighted by Crippen LogP contribution is -2.23. The van der Waals surface area contributed by atoms with E-state index in [2.05, 4.69) is 21.3 Å². The highest BCUT2D eigenvalue weighted by molar-refractivity contribution is 5.92. The number of primary amides is 1. The second-order valence-electron chi connectivity index (χ2n) is 6.35. The van der Waals surface area contributed by atoms with Gasteiger partial charge in [0.15, 0.2) is 0 Å². The molecule has 0 unspecified atom stereocenters. The summed E-state index contributed by atoms with van der Waals surface area (Å²) in [7, 11) is 0. The minimum atomic E-state index is -0.394. The second kappa shape index (κ2) is 7.77. The molecule has 0 radical (unpaired) electrons. The zero-order chi connectivity index (χ0) is 17.6. The van der Waals surface area contributed by atoms with Gasteiger partial charge in [0.05, 0.1) is 5.56 Å². The number of carbonyl (C=O) groups is 1. The van der Waals surface area contributed by atoms with Gasteiger partial charge in [0.25, 0.3) is 0 Å². The van der Waals surface area contributed by atoms with E-state index in [-0.39, 0.29) is 0 Å². The number of hydrogen-bond acceptors (Lipinski definition) is 5. The lowest BCUT2D eigenvalue weighted by Gasteiger charge is -2.17. The van der Waals surface area contributed by atoms with Gasteiger partial charge >= 0.3 is 0 Å². The zero-order valence-electron chi connectivity index (χ0n) is 14.0.